The van der Waals surface area contributed by atoms with Crippen molar-refractivity contribution in [2.45, 2.75) is 13.3 Å². The van der Waals surface area contributed by atoms with Crippen molar-refractivity contribution in [2.75, 3.05) is 18.1 Å². The summed E-state index contributed by atoms with van der Waals surface area (Å²) in [5.41, 5.74) is 15.3. The van der Waals surface area contributed by atoms with Gasteiger partial charge in [0.05, 0.1) is 6.61 Å². The van der Waals surface area contributed by atoms with Gasteiger partial charge in [-0.3, -0.25) is 0 Å². The molecule has 0 saturated heterocycles. The van der Waals surface area contributed by atoms with Crippen LogP contribution in [-0.4, -0.2) is 6.61 Å². The third kappa shape index (κ3) is 2.94. The normalized spacial score (nSPS) is 10.3. The fourth-order valence-electron chi connectivity index (χ4n) is 1.86. The summed E-state index contributed by atoms with van der Waals surface area (Å²) in [4.78, 5) is 0. The Kier molecular flexibility index (Phi) is 3.72. The largest absolute Gasteiger partial charge is 0.494 e. The predicted octanol–water partition coefficient (Wildman–Crippen LogP) is 2.84. The monoisotopic (exact) mass is 242 g/mol. The lowest BCUT2D eigenvalue weighted by Gasteiger charge is -2.11. The van der Waals surface area contributed by atoms with E-state index in [2.05, 4.69) is 0 Å². The molecule has 2 rings (SSSR count). The Labute approximate surface area is 107 Å². The van der Waals surface area contributed by atoms with Crippen molar-refractivity contribution in [3.63, 3.8) is 0 Å². The van der Waals surface area contributed by atoms with E-state index in [-0.39, 0.29) is 0 Å². The number of ether oxygens (including phenoxy) is 1. The molecule has 94 valence electrons. The third-order valence-electron chi connectivity index (χ3n) is 2.77. The summed E-state index contributed by atoms with van der Waals surface area (Å²) < 4.78 is 5.61. The van der Waals surface area contributed by atoms with Gasteiger partial charge in [-0.1, -0.05) is 18.2 Å². The first-order valence-electron chi connectivity index (χ1n) is 6.04. The fourth-order valence-corrected chi connectivity index (χ4v) is 1.86. The average Bonchev–Trinajstić information content (AvgIpc) is 2.36. The summed E-state index contributed by atoms with van der Waals surface area (Å²) in [5.74, 6) is 0.856. The Hall–Kier alpha value is -2.16. The summed E-state index contributed by atoms with van der Waals surface area (Å²) in [6.45, 7) is 2.61. The van der Waals surface area contributed by atoms with Gasteiger partial charge >= 0.3 is 0 Å². The first-order valence-corrected chi connectivity index (χ1v) is 6.04. The van der Waals surface area contributed by atoms with Gasteiger partial charge in [-0.15, -0.1) is 0 Å². The van der Waals surface area contributed by atoms with Crippen LogP contribution in [0.4, 0.5) is 11.4 Å². The zero-order valence-corrected chi connectivity index (χ0v) is 10.5. The molecule has 3 heteroatoms. The first-order chi connectivity index (χ1) is 8.69. The summed E-state index contributed by atoms with van der Waals surface area (Å²) in [5, 5.41) is 0. The van der Waals surface area contributed by atoms with E-state index < -0.39 is 0 Å². The van der Waals surface area contributed by atoms with Crippen molar-refractivity contribution in [2.24, 2.45) is 0 Å². The Morgan fingerprint density at radius 1 is 0.944 bits per heavy atom. The fraction of sp³-hybridized carbons (Fsp3) is 0.200. The molecule has 0 bridgehead atoms. The third-order valence-corrected chi connectivity index (χ3v) is 2.77. The van der Waals surface area contributed by atoms with Crippen LogP contribution >= 0.6 is 0 Å². The lowest BCUT2D eigenvalue weighted by molar-refractivity contribution is 0.337. The van der Waals surface area contributed by atoms with Crippen LogP contribution in [0.25, 0.3) is 0 Å². The minimum Gasteiger partial charge on any atom is -0.494 e. The molecular weight excluding hydrogens is 224 g/mol. The van der Waals surface area contributed by atoms with Gasteiger partial charge < -0.3 is 16.2 Å². The van der Waals surface area contributed by atoms with Gasteiger partial charge in [0.15, 0.2) is 0 Å². The molecule has 0 amide bonds. The van der Waals surface area contributed by atoms with Crippen LogP contribution in [0.3, 0.4) is 0 Å². The standard InChI is InChI=1S/C15H18N2O/c1-2-18-15-10-14(17)8-5-12(15)9-11-3-6-13(16)7-4-11/h3-8,10H,2,9,16-17H2,1H3. The minimum absolute atomic E-state index is 0.637. The molecule has 4 N–H and O–H groups in total. The van der Waals surface area contributed by atoms with Crippen LogP contribution in [-0.2, 0) is 6.42 Å². The maximum absolute atomic E-state index is 5.77. The van der Waals surface area contributed by atoms with E-state index >= 15 is 0 Å². The SMILES string of the molecule is CCOc1cc(N)ccc1Cc1ccc(N)cc1. The number of benzene rings is 2. The summed E-state index contributed by atoms with van der Waals surface area (Å²) in [6, 6.07) is 13.7. The first kappa shape index (κ1) is 12.3. The average molecular weight is 242 g/mol. The molecule has 0 unspecified atom stereocenters. The molecule has 0 heterocycles. The summed E-state index contributed by atoms with van der Waals surface area (Å²) in [7, 11) is 0. The van der Waals surface area contributed by atoms with Gasteiger partial charge in [0.25, 0.3) is 0 Å². The Morgan fingerprint density at radius 3 is 2.28 bits per heavy atom. The van der Waals surface area contributed by atoms with E-state index in [1.165, 1.54) is 5.56 Å². The van der Waals surface area contributed by atoms with Crippen LogP contribution < -0.4 is 16.2 Å². The van der Waals surface area contributed by atoms with Crippen molar-refractivity contribution in [3.8, 4) is 5.75 Å². The number of anilines is 2. The highest BCUT2D eigenvalue weighted by atomic mass is 16.5. The van der Waals surface area contributed by atoms with Gasteiger partial charge in [-0.05, 0) is 36.2 Å². The molecule has 0 aliphatic rings. The van der Waals surface area contributed by atoms with Crippen LogP contribution in [0, 0.1) is 0 Å². The predicted molar refractivity (Wildman–Crippen MR) is 75.7 cm³/mol. The maximum atomic E-state index is 5.77. The lowest BCUT2D eigenvalue weighted by Crippen LogP contribution is -1.99. The minimum atomic E-state index is 0.637. The molecule has 2 aromatic rings. The Bertz CT molecular complexity index is 521. The molecule has 0 atom stereocenters. The van der Waals surface area contributed by atoms with E-state index in [1.54, 1.807) is 0 Å². The van der Waals surface area contributed by atoms with E-state index in [4.69, 9.17) is 16.2 Å². The second-order valence-electron chi connectivity index (χ2n) is 4.22. The van der Waals surface area contributed by atoms with Gasteiger partial charge in [0.2, 0.25) is 0 Å². The quantitative estimate of drug-likeness (QED) is 0.810. The molecule has 0 aliphatic carbocycles. The van der Waals surface area contributed by atoms with Gasteiger partial charge in [0.1, 0.15) is 5.75 Å². The smallest absolute Gasteiger partial charge is 0.124 e. The van der Waals surface area contributed by atoms with Crippen molar-refractivity contribution in [1.29, 1.82) is 0 Å². The van der Waals surface area contributed by atoms with Gasteiger partial charge in [-0.2, -0.15) is 0 Å². The van der Waals surface area contributed by atoms with Gasteiger partial charge in [0, 0.05) is 23.9 Å². The zero-order valence-electron chi connectivity index (χ0n) is 10.5. The highest BCUT2D eigenvalue weighted by Crippen LogP contribution is 2.24. The summed E-state index contributed by atoms with van der Waals surface area (Å²) in [6.07, 6.45) is 0.815. The summed E-state index contributed by atoms with van der Waals surface area (Å²) >= 11 is 0. The molecule has 0 aliphatic heterocycles. The highest BCUT2D eigenvalue weighted by molar-refractivity contribution is 5.50. The molecular formula is C15H18N2O. The number of hydrogen-bond acceptors (Lipinski definition) is 3. The number of nitrogens with two attached hydrogens (primary N) is 2. The van der Waals surface area contributed by atoms with E-state index in [0.29, 0.717) is 6.61 Å². The zero-order chi connectivity index (χ0) is 13.0. The lowest BCUT2D eigenvalue weighted by atomic mass is 10.0. The molecule has 0 spiro atoms. The van der Waals surface area contributed by atoms with E-state index in [0.717, 1.165) is 29.1 Å². The molecule has 0 saturated carbocycles. The van der Waals surface area contributed by atoms with Crippen LogP contribution in [0.1, 0.15) is 18.1 Å². The van der Waals surface area contributed by atoms with E-state index in [1.807, 2.05) is 49.4 Å². The highest BCUT2D eigenvalue weighted by Gasteiger charge is 2.05. The molecule has 0 aromatic heterocycles. The van der Waals surface area contributed by atoms with Crippen molar-refractivity contribution < 1.29 is 4.74 Å². The Balaban J connectivity index is 2.25. The van der Waals surface area contributed by atoms with Crippen LogP contribution in [0.2, 0.25) is 0 Å². The molecule has 0 fully saturated rings. The number of rotatable bonds is 4. The van der Waals surface area contributed by atoms with Crippen molar-refractivity contribution >= 4 is 11.4 Å². The van der Waals surface area contributed by atoms with Gasteiger partial charge in [-0.25, -0.2) is 0 Å². The maximum Gasteiger partial charge on any atom is 0.124 e. The van der Waals surface area contributed by atoms with Crippen LogP contribution in [0.15, 0.2) is 42.5 Å². The van der Waals surface area contributed by atoms with E-state index in [9.17, 15) is 0 Å². The Morgan fingerprint density at radius 2 is 1.61 bits per heavy atom. The second-order valence-corrected chi connectivity index (χ2v) is 4.22. The number of nitrogen functional groups attached to an aromatic ring is 2. The van der Waals surface area contributed by atoms with Crippen molar-refractivity contribution in [3.05, 3.63) is 53.6 Å². The second kappa shape index (κ2) is 5.45. The topological polar surface area (TPSA) is 61.3 Å². The molecule has 0 radical (unpaired) electrons. The molecule has 3 nitrogen and oxygen atoms in total. The van der Waals surface area contributed by atoms with Crippen molar-refractivity contribution in [1.82, 2.24) is 0 Å². The van der Waals surface area contributed by atoms with Crippen LogP contribution in [0.5, 0.6) is 5.75 Å². The molecule has 18 heavy (non-hydrogen) atoms. The molecule has 2 aromatic carbocycles. The number of hydrogen-bond donors (Lipinski definition) is 2.